The number of rotatable bonds is 6. The van der Waals surface area contributed by atoms with E-state index in [1.165, 1.54) is 6.39 Å². The lowest BCUT2D eigenvalue weighted by Gasteiger charge is -2.09. The maximum Gasteiger partial charge on any atom is 0.237 e. The summed E-state index contributed by atoms with van der Waals surface area (Å²) in [7, 11) is 0. The molecule has 0 spiro atoms. The van der Waals surface area contributed by atoms with E-state index in [-0.39, 0.29) is 12.5 Å². The summed E-state index contributed by atoms with van der Waals surface area (Å²) in [5.74, 6) is 1.13. The van der Waals surface area contributed by atoms with E-state index in [4.69, 9.17) is 5.73 Å². The van der Waals surface area contributed by atoms with Crippen LogP contribution in [-0.4, -0.2) is 34.1 Å². The molecular formula is C8H14N4O2S. The number of aromatic nitrogens is 2. The quantitative estimate of drug-likeness (QED) is 0.701. The largest absolute Gasteiger partial charge is 0.347 e. The van der Waals surface area contributed by atoms with Crippen molar-refractivity contribution in [2.75, 3.05) is 12.0 Å². The molecule has 0 aliphatic heterocycles. The van der Waals surface area contributed by atoms with E-state index in [0.717, 1.165) is 5.75 Å². The number of thioether (sulfide) groups is 1. The van der Waals surface area contributed by atoms with Gasteiger partial charge in [0.2, 0.25) is 12.3 Å². The number of carbonyl (C=O) groups is 1. The zero-order valence-corrected chi connectivity index (χ0v) is 9.29. The molecule has 0 aliphatic carbocycles. The zero-order valence-electron chi connectivity index (χ0n) is 8.47. The minimum absolute atomic E-state index is 0.186. The molecule has 0 aliphatic rings. The Kier molecular flexibility index (Phi) is 5.13. The third-order valence-electron chi connectivity index (χ3n) is 1.80. The highest BCUT2D eigenvalue weighted by Gasteiger charge is 2.12. The first-order valence-electron chi connectivity index (χ1n) is 4.51. The summed E-state index contributed by atoms with van der Waals surface area (Å²) < 4.78 is 4.53. The van der Waals surface area contributed by atoms with Gasteiger partial charge in [-0.05, 0) is 18.4 Å². The Morgan fingerprint density at radius 1 is 1.80 bits per heavy atom. The Morgan fingerprint density at radius 2 is 2.60 bits per heavy atom. The second-order valence-electron chi connectivity index (χ2n) is 2.95. The fraction of sp³-hybridized carbons (Fsp3) is 0.625. The topological polar surface area (TPSA) is 94.0 Å². The molecule has 1 rings (SSSR count). The second-order valence-corrected chi connectivity index (χ2v) is 3.94. The van der Waals surface area contributed by atoms with Crippen LogP contribution in [0.1, 0.15) is 12.2 Å². The van der Waals surface area contributed by atoms with Crippen molar-refractivity contribution in [3.63, 3.8) is 0 Å². The predicted octanol–water partition coefficient (Wildman–Crippen LogP) is -0.234. The van der Waals surface area contributed by atoms with Crippen molar-refractivity contribution in [2.45, 2.75) is 19.0 Å². The van der Waals surface area contributed by atoms with Crippen LogP contribution in [0.5, 0.6) is 0 Å². The maximum absolute atomic E-state index is 11.4. The van der Waals surface area contributed by atoms with Gasteiger partial charge in [0.25, 0.3) is 0 Å². The number of hydrogen-bond donors (Lipinski definition) is 2. The normalized spacial score (nSPS) is 12.4. The van der Waals surface area contributed by atoms with Gasteiger partial charge in [-0.3, -0.25) is 4.79 Å². The van der Waals surface area contributed by atoms with Gasteiger partial charge in [-0.25, -0.2) is 0 Å². The molecule has 0 unspecified atom stereocenters. The van der Waals surface area contributed by atoms with Crippen LogP contribution in [0.25, 0.3) is 0 Å². The van der Waals surface area contributed by atoms with E-state index in [1.54, 1.807) is 11.8 Å². The van der Waals surface area contributed by atoms with Crippen molar-refractivity contribution in [3.8, 4) is 0 Å². The van der Waals surface area contributed by atoms with E-state index in [0.29, 0.717) is 12.2 Å². The van der Waals surface area contributed by atoms with Gasteiger partial charge >= 0.3 is 0 Å². The van der Waals surface area contributed by atoms with Crippen molar-refractivity contribution in [2.24, 2.45) is 5.73 Å². The molecule has 1 amide bonds. The summed E-state index contributed by atoms with van der Waals surface area (Å²) in [5, 5.41) is 6.20. The minimum Gasteiger partial charge on any atom is -0.347 e. The fourth-order valence-corrected chi connectivity index (χ4v) is 1.43. The molecule has 0 fully saturated rings. The standard InChI is InChI=1S/C8H14N4O2S/c1-15-3-2-6(9)8(13)10-4-7-11-5-14-12-7/h5-6H,2-4,9H2,1H3,(H,10,13)/t6-/m1/s1. The van der Waals surface area contributed by atoms with Gasteiger partial charge in [-0.15, -0.1) is 0 Å². The van der Waals surface area contributed by atoms with Crippen LogP contribution in [0.2, 0.25) is 0 Å². The lowest BCUT2D eigenvalue weighted by atomic mass is 10.2. The van der Waals surface area contributed by atoms with Crippen LogP contribution in [0.4, 0.5) is 0 Å². The lowest BCUT2D eigenvalue weighted by Crippen LogP contribution is -2.40. The van der Waals surface area contributed by atoms with E-state index in [1.807, 2.05) is 6.26 Å². The van der Waals surface area contributed by atoms with Gasteiger partial charge < -0.3 is 15.6 Å². The Hall–Kier alpha value is -1.08. The van der Waals surface area contributed by atoms with Gasteiger partial charge in [-0.2, -0.15) is 16.7 Å². The van der Waals surface area contributed by atoms with E-state index in [9.17, 15) is 4.79 Å². The summed E-state index contributed by atoms with van der Waals surface area (Å²) >= 11 is 1.66. The number of nitrogens with two attached hydrogens (primary N) is 1. The summed E-state index contributed by atoms with van der Waals surface area (Å²) in [6.45, 7) is 0.252. The zero-order chi connectivity index (χ0) is 11.1. The molecule has 15 heavy (non-hydrogen) atoms. The summed E-state index contributed by atoms with van der Waals surface area (Å²) in [6, 6.07) is -0.468. The van der Waals surface area contributed by atoms with Crippen molar-refractivity contribution < 1.29 is 9.32 Å². The first kappa shape index (κ1) is 12.0. The smallest absolute Gasteiger partial charge is 0.237 e. The Labute approximate surface area is 92.0 Å². The molecule has 7 heteroatoms. The highest BCUT2D eigenvalue weighted by Crippen LogP contribution is 1.98. The van der Waals surface area contributed by atoms with Gasteiger partial charge in [0.05, 0.1) is 12.6 Å². The molecule has 1 heterocycles. The van der Waals surface area contributed by atoms with Crippen LogP contribution < -0.4 is 11.1 Å². The Bertz CT molecular complexity index is 291. The molecule has 1 aromatic rings. The predicted molar refractivity (Wildman–Crippen MR) is 57.1 cm³/mol. The molecule has 0 radical (unpaired) electrons. The Morgan fingerprint density at radius 3 is 3.20 bits per heavy atom. The molecule has 3 N–H and O–H groups in total. The minimum atomic E-state index is -0.468. The Balaban J connectivity index is 2.23. The highest BCUT2D eigenvalue weighted by molar-refractivity contribution is 7.98. The van der Waals surface area contributed by atoms with Gasteiger partial charge in [-0.1, -0.05) is 5.16 Å². The van der Waals surface area contributed by atoms with E-state index in [2.05, 4.69) is 20.0 Å². The van der Waals surface area contributed by atoms with Gasteiger partial charge in [0.15, 0.2) is 5.82 Å². The lowest BCUT2D eigenvalue weighted by molar-refractivity contribution is -0.122. The molecule has 6 nitrogen and oxygen atoms in total. The summed E-state index contributed by atoms with van der Waals surface area (Å²) in [6.07, 6.45) is 3.86. The summed E-state index contributed by atoms with van der Waals surface area (Å²) in [4.78, 5) is 15.2. The van der Waals surface area contributed by atoms with Gasteiger partial charge in [0.1, 0.15) is 0 Å². The number of amides is 1. The maximum atomic E-state index is 11.4. The molecule has 1 atom stereocenters. The number of hydrogen-bond acceptors (Lipinski definition) is 6. The third-order valence-corrected chi connectivity index (χ3v) is 2.44. The molecular weight excluding hydrogens is 216 g/mol. The van der Waals surface area contributed by atoms with E-state index >= 15 is 0 Å². The van der Waals surface area contributed by atoms with Crippen molar-refractivity contribution >= 4 is 17.7 Å². The second kappa shape index (κ2) is 6.41. The summed E-state index contributed by atoms with van der Waals surface area (Å²) in [5.41, 5.74) is 5.65. The van der Waals surface area contributed by atoms with Crippen molar-refractivity contribution in [3.05, 3.63) is 12.2 Å². The van der Waals surface area contributed by atoms with Gasteiger partial charge in [0, 0.05) is 0 Å². The molecule has 0 bridgehead atoms. The first-order chi connectivity index (χ1) is 7.24. The molecule has 1 aromatic heterocycles. The SMILES string of the molecule is CSCC[C@@H](N)C(=O)NCc1ncon1. The number of carbonyl (C=O) groups excluding carboxylic acids is 1. The molecule has 84 valence electrons. The molecule has 0 saturated carbocycles. The van der Waals surface area contributed by atoms with Crippen LogP contribution in [0, 0.1) is 0 Å². The number of nitrogens with one attached hydrogen (secondary N) is 1. The van der Waals surface area contributed by atoms with Crippen molar-refractivity contribution in [1.82, 2.24) is 15.5 Å². The molecule has 0 saturated heterocycles. The first-order valence-corrected chi connectivity index (χ1v) is 5.91. The monoisotopic (exact) mass is 230 g/mol. The van der Waals surface area contributed by atoms with Crippen molar-refractivity contribution in [1.29, 1.82) is 0 Å². The number of nitrogens with zero attached hydrogens (tertiary/aromatic N) is 2. The van der Waals surface area contributed by atoms with E-state index < -0.39 is 6.04 Å². The third kappa shape index (κ3) is 4.30. The van der Waals surface area contributed by atoms with Crippen LogP contribution >= 0.6 is 11.8 Å². The van der Waals surface area contributed by atoms with Crippen LogP contribution in [0.15, 0.2) is 10.9 Å². The molecule has 0 aromatic carbocycles. The fourth-order valence-electron chi connectivity index (χ4n) is 0.943. The highest BCUT2D eigenvalue weighted by atomic mass is 32.2. The van der Waals surface area contributed by atoms with Crippen LogP contribution in [-0.2, 0) is 11.3 Å². The average molecular weight is 230 g/mol. The van der Waals surface area contributed by atoms with Crippen LogP contribution in [0.3, 0.4) is 0 Å². The average Bonchev–Trinajstić information content (AvgIpc) is 2.75.